The summed E-state index contributed by atoms with van der Waals surface area (Å²) in [6.45, 7) is 3.34. The Balaban J connectivity index is 0.00000131. The maximum absolute atomic E-state index is 13.0. The van der Waals surface area contributed by atoms with E-state index in [9.17, 15) is 9.59 Å². The molecule has 3 heterocycles. The summed E-state index contributed by atoms with van der Waals surface area (Å²) in [5.41, 5.74) is 8.02. The van der Waals surface area contributed by atoms with Gasteiger partial charge in [0.1, 0.15) is 0 Å². The summed E-state index contributed by atoms with van der Waals surface area (Å²) in [6, 6.07) is 5.63. The van der Waals surface area contributed by atoms with Crippen molar-refractivity contribution < 1.29 is 9.59 Å². The number of halogens is 2. The van der Waals surface area contributed by atoms with Gasteiger partial charge in [-0.05, 0) is 49.8 Å². The second kappa shape index (κ2) is 8.91. The van der Waals surface area contributed by atoms with Gasteiger partial charge in [-0.25, -0.2) is 14.3 Å². The van der Waals surface area contributed by atoms with Gasteiger partial charge >= 0.3 is 6.03 Å². The fourth-order valence-electron chi connectivity index (χ4n) is 3.98. The van der Waals surface area contributed by atoms with Crippen molar-refractivity contribution in [1.29, 1.82) is 0 Å². The third kappa shape index (κ3) is 3.90. The van der Waals surface area contributed by atoms with Crippen LogP contribution >= 0.6 is 24.8 Å². The fourth-order valence-corrected chi connectivity index (χ4v) is 3.98. The normalized spacial score (nSPS) is 19.4. The second-order valence-corrected chi connectivity index (χ2v) is 6.87. The van der Waals surface area contributed by atoms with Gasteiger partial charge in [-0.2, -0.15) is 0 Å². The van der Waals surface area contributed by atoms with Gasteiger partial charge in [0.15, 0.2) is 0 Å². The Hall–Kier alpha value is -1.83. The Kier molecular flexibility index (Phi) is 7.08. The predicted octanol–water partition coefficient (Wildman–Crippen LogP) is 2.51. The molecule has 0 radical (unpaired) electrons. The summed E-state index contributed by atoms with van der Waals surface area (Å²) in [6.07, 6.45) is 4.16. The lowest BCUT2D eigenvalue weighted by Crippen LogP contribution is -2.34. The first-order valence-electron chi connectivity index (χ1n) is 8.98. The van der Waals surface area contributed by atoms with Crippen molar-refractivity contribution in [3.8, 4) is 0 Å². The lowest BCUT2D eigenvalue weighted by Gasteiger charge is -2.23. The molecule has 27 heavy (non-hydrogen) atoms. The van der Waals surface area contributed by atoms with Crippen molar-refractivity contribution in [3.63, 3.8) is 0 Å². The molecule has 0 spiro atoms. The third-order valence-electron chi connectivity index (χ3n) is 5.24. The fraction of sp³-hybridized carbons (Fsp3) is 0.500. The van der Waals surface area contributed by atoms with Crippen molar-refractivity contribution in [1.82, 2.24) is 19.8 Å². The third-order valence-corrected chi connectivity index (χ3v) is 5.24. The first-order valence-corrected chi connectivity index (χ1v) is 8.98. The monoisotopic (exact) mass is 413 g/mol. The number of carbonyl (C=O) groups excluding carboxylic acids is 2. The van der Waals surface area contributed by atoms with Crippen molar-refractivity contribution in [2.24, 2.45) is 5.73 Å². The molecule has 1 unspecified atom stereocenters. The highest BCUT2D eigenvalue weighted by atomic mass is 35.5. The minimum absolute atomic E-state index is 0. The largest absolute Gasteiger partial charge is 0.363 e. The van der Waals surface area contributed by atoms with E-state index in [4.69, 9.17) is 5.73 Å². The minimum Gasteiger partial charge on any atom is -0.363 e. The number of nitrogens with one attached hydrogen (secondary N) is 1. The van der Waals surface area contributed by atoms with E-state index in [-0.39, 0.29) is 36.7 Å². The number of nitrogens with two attached hydrogens (primary N) is 1. The molecule has 2 amide bonds. The maximum atomic E-state index is 13.0. The highest BCUT2D eigenvalue weighted by Crippen LogP contribution is 2.30. The lowest BCUT2D eigenvalue weighted by atomic mass is 9.91. The molecule has 2 saturated heterocycles. The zero-order valence-corrected chi connectivity index (χ0v) is 16.7. The van der Waals surface area contributed by atoms with Crippen LogP contribution in [0.2, 0.25) is 0 Å². The van der Waals surface area contributed by atoms with E-state index < -0.39 is 5.91 Å². The molecular weight excluding hydrogens is 389 g/mol. The molecule has 4 rings (SSSR count). The quantitative estimate of drug-likeness (QED) is 0.790. The highest BCUT2D eigenvalue weighted by molar-refractivity contribution is 6.01. The SMILES string of the molecule is Cl.Cl.NC(=O)c1nc2c(C3CCCNC3)cccc2n1C(=O)N1CCCC1. The Morgan fingerprint density at radius 2 is 1.89 bits per heavy atom. The lowest BCUT2D eigenvalue weighted by molar-refractivity contribution is 0.0986. The van der Waals surface area contributed by atoms with E-state index >= 15 is 0 Å². The number of fused-ring (bicyclic) bond motifs is 1. The summed E-state index contributed by atoms with van der Waals surface area (Å²) in [7, 11) is 0. The number of piperidine rings is 1. The highest BCUT2D eigenvalue weighted by Gasteiger charge is 2.28. The summed E-state index contributed by atoms with van der Waals surface area (Å²) >= 11 is 0. The minimum atomic E-state index is -0.670. The Bertz CT molecular complexity index is 827. The molecule has 2 aliphatic heterocycles. The molecule has 2 fully saturated rings. The first-order chi connectivity index (χ1) is 12.2. The van der Waals surface area contributed by atoms with Gasteiger partial charge in [-0.15, -0.1) is 24.8 Å². The zero-order valence-electron chi connectivity index (χ0n) is 15.0. The Morgan fingerprint density at radius 3 is 2.52 bits per heavy atom. The van der Waals surface area contributed by atoms with Crippen molar-refractivity contribution >= 4 is 47.8 Å². The van der Waals surface area contributed by atoms with E-state index in [2.05, 4.69) is 10.3 Å². The van der Waals surface area contributed by atoms with Crippen molar-refractivity contribution in [2.75, 3.05) is 26.2 Å². The number of hydrogen-bond donors (Lipinski definition) is 2. The topological polar surface area (TPSA) is 93.2 Å². The van der Waals surface area contributed by atoms with Crippen LogP contribution in [0.1, 0.15) is 47.8 Å². The molecule has 148 valence electrons. The van der Waals surface area contributed by atoms with Gasteiger partial charge in [0.05, 0.1) is 11.0 Å². The van der Waals surface area contributed by atoms with Gasteiger partial charge in [0.2, 0.25) is 5.82 Å². The molecule has 0 saturated carbocycles. The summed E-state index contributed by atoms with van der Waals surface area (Å²) < 4.78 is 1.41. The molecule has 2 aliphatic rings. The van der Waals surface area contributed by atoms with Gasteiger partial charge < -0.3 is 16.0 Å². The molecular formula is C18H25Cl2N5O2. The van der Waals surface area contributed by atoms with Gasteiger partial charge in [-0.1, -0.05) is 12.1 Å². The number of rotatable bonds is 2. The molecule has 7 nitrogen and oxygen atoms in total. The average molecular weight is 414 g/mol. The van der Waals surface area contributed by atoms with Crippen LogP contribution in [-0.4, -0.2) is 52.6 Å². The number of carbonyl (C=O) groups is 2. The van der Waals surface area contributed by atoms with Crippen LogP contribution in [0, 0.1) is 0 Å². The standard InChI is InChI=1S/C18H23N5O2.2ClH/c19-16(24)17-21-15-13(12-5-4-8-20-11-12)6-3-7-14(15)23(17)18(25)22-9-1-2-10-22;;/h3,6-7,12,20H,1-2,4-5,8-11H2,(H2,19,24);2*1H. The molecule has 1 aromatic carbocycles. The molecule has 0 bridgehead atoms. The number of nitrogens with zero attached hydrogens (tertiary/aromatic N) is 3. The first kappa shape index (κ1) is 21.5. The van der Waals surface area contributed by atoms with E-state index in [0.29, 0.717) is 24.5 Å². The number of para-hydroxylation sites is 1. The van der Waals surface area contributed by atoms with Crippen LogP contribution in [0.25, 0.3) is 11.0 Å². The molecule has 3 N–H and O–H groups in total. The number of benzene rings is 1. The Morgan fingerprint density at radius 1 is 1.15 bits per heavy atom. The molecule has 0 aliphatic carbocycles. The number of imidazole rings is 1. The maximum Gasteiger partial charge on any atom is 0.330 e. The number of aromatic nitrogens is 2. The number of amides is 2. The summed E-state index contributed by atoms with van der Waals surface area (Å²) in [5, 5.41) is 3.41. The van der Waals surface area contributed by atoms with E-state index in [0.717, 1.165) is 49.9 Å². The summed E-state index contributed by atoms with van der Waals surface area (Å²) in [5.74, 6) is -0.303. The zero-order chi connectivity index (χ0) is 17.4. The number of likely N-dealkylation sites (tertiary alicyclic amines) is 1. The van der Waals surface area contributed by atoms with E-state index in [1.165, 1.54) is 4.57 Å². The van der Waals surface area contributed by atoms with Crippen LogP contribution in [0.3, 0.4) is 0 Å². The average Bonchev–Trinajstić information content (AvgIpc) is 3.29. The van der Waals surface area contributed by atoms with Crippen molar-refractivity contribution in [2.45, 2.75) is 31.6 Å². The van der Waals surface area contributed by atoms with Gasteiger partial charge in [-0.3, -0.25) is 4.79 Å². The van der Waals surface area contributed by atoms with E-state index in [1.54, 1.807) is 4.90 Å². The molecule has 2 aromatic rings. The van der Waals surface area contributed by atoms with E-state index in [1.807, 2.05) is 18.2 Å². The van der Waals surface area contributed by atoms with Crippen molar-refractivity contribution in [3.05, 3.63) is 29.6 Å². The van der Waals surface area contributed by atoms with Crippen LogP contribution in [0.4, 0.5) is 4.79 Å². The van der Waals surface area contributed by atoms with Crippen LogP contribution in [0.5, 0.6) is 0 Å². The predicted molar refractivity (Wildman–Crippen MR) is 109 cm³/mol. The summed E-state index contributed by atoms with van der Waals surface area (Å²) in [4.78, 5) is 31.2. The van der Waals surface area contributed by atoms with Crippen LogP contribution in [-0.2, 0) is 0 Å². The smallest absolute Gasteiger partial charge is 0.330 e. The number of hydrogen-bond acceptors (Lipinski definition) is 4. The Labute approximate surface area is 170 Å². The molecule has 1 atom stereocenters. The number of primary amides is 1. The van der Waals surface area contributed by atoms with Gasteiger partial charge in [0, 0.05) is 19.6 Å². The van der Waals surface area contributed by atoms with Gasteiger partial charge in [0.25, 0.3) is 5.91 Å². The second-order valence-electron chi connectivity index (χ2n) is 6.87. The molecule has 1 aromatic heterocycles. The molecule has 9 heteroatoms. The van der Waals surface area contributed by atoms with Crippen LogP contribution < -0.4 is 11.1 Å². The van der Waals surface area contributed by atoms with Crippen LogP contribution in [0.15, 0.2) is 18.2 Å².